The summed E-state index contributed by atoms with van der Waals surface area (Å²) >= 11 is 0. The maximum absolute atomic E-state index is 12.9. The van der Waals surface area contributed by atoms with Crippen molar-refractivity contribution in [3.05, 3.63) is 71.3 Å². The summed E-state index contributed by atoms with van der Waals surface area (Å²) in [6.45, 7) is 0.200. The van der Waals surface area contributed by atoms with Crippen LogP contribution in [0.15, 0.2) is 54.6 Å². The molecular formula is C24H25NO5. The molecule has 1 heterocycles. The van der Waals surface area contributed by atoms with Crippen molar-refractivity contribution in [2.75, 3.05) is 13.2 Å². The minimum atomic E-state index is -0.536. The number of Topliss-reactive ketones (excluding diaryl/α,β-unsaturated/α-hetero) is 2. The highest BCUT2D eigenvalue weighted by Crippen LogP contribution is 2.52. The second-order valence-corrected chi connectivity index (χ2v) is 8.30. The summed E-state index contributed by atoms with van der Waals surface area (Å²) in [5.41, 5.74) is 2.22. The van der Waals surface area contributed by atoms with Crippen molar-refractivity contribution in [3.8, 4) is 0 Å². The molecule has 4 rings (SSSR count). The number of aliphatic hydroxyl groups is 1. The van der Waals surface area contributed by atoms with Gasteiger partial charge in [-0.1, -0.05) is 54.6 Å². The highest BCUT2D eigenvalue weighted by Gasteiger charge is 2.49. The number of aliphatic hydroxyl groups excluding tert-OH is 1. The standard InChI is InChI=1S/C24H25NO5/c26-15-22(28)19-8-6-18(7-9-19)21-14-24(12-20(27)13-24)10-11-25(21)23(29)30-16-17-4-2-1-3-5-17/h1-9,21,26H,10-16H2/t21-/m0/s1. The molecule has 1 spiro atoms. The number of hydrogen-bond acceptors (Lipinski definition) is 5. The molecule has 0 bridgehead atoms. The first kappa shape index (κ1) is 20.3. The fraction of sp³-hybridized carbons (Fsp3) is 0.375. The quantitative estimate of drug-likeness (QED) is 0.765. The Bertz CT molecular complexity index is 930. The van der Waals surface area contributed by atoms with Gasteiger partial charge in [0.25, 0.3) is 0 Å². The molecule has 1 N–H and O–H groups in total. The first-order chi connectivity index (χ1) is 14.5. The SMILES string of the molecule is O=C1CC2(CCN(C(=O)OCc3ccccc3)[C@H](c3ccc(C(=O)CO)cc3)C2)C1. The van der Waals surface area contributed by atoms with Crippen molar-refractivity contribution in [1.82, 2.24) is 4.90 Å². The molecule has 2 aliphatic rings. The molecule has 2 aromatic rings. The van der Waals surface area contributed by atoms with Crippen LogP contribution in [0.1, 0.15) is 53.2 Å². The second-order valence-electron chi connectivity index (χ2n) is 8.30. The third-order valence-electron chi connectivity index (χ3n) is 6.23. The van der Waals surface area contributed by atoms with E-state index in [1.807, 2.05) is 42.5 Å². The summed E-state index contributed by atoms with van der Waals surface area (Å²) in [5, 5.41) is 9.06. The van der Waals surface area contributed by atoms with Crippen LogP contribution in [0.2, 0.25) is 0 Å². The largest absolute Gasteiger partial charge is 0.445 e. The zero-order chi connectivity index (χ0) is 21.1. The van der Waals surface area contributed by atoms with Crippen molar-refractivity contribution < 1.29 is 24.2 Å². The van der Waals surface area contributed by atoms with Gasteiger partial charge in [-0.3, -0.25) is 9.59 Å². The van der Waals surface area contributed by atoms with Crippen LogP contribution in [0.25, 0.3) is 0 Å². The summed E-state index contributed by atoms with van der Waals surface area (Å²) in [6, 6.07) is 16.3. The van der Waals surface area contributed by atoms with Crippen LogP contribution in [0.5, 0.6) is 0 Å². The molecule has 0 radical (unpaired) electrons. The maximum atomic E-state index is 12.9. The molecule has 2 fully saturated rings. The Kier molecular flexibility index (Phi) is 5.68. The lowest BCUT2D eigenvalue weighted by atomic mass is 9.60. The molecule has 1 aliphatic carbocycles. The zero-order valence-corrected chi connectivity index (χ0v) is 16.8. The lowest BCUT2D eigenvalue weighted by Crippen LogP contribution is -2.50. The van der Waals surface area contributed by atoms with Gasteiger partial charge < -0.3 is 14.7 Å². The minimum absolute atomic E-state index is 0.0441. The van der Waals surface area contributed by atoms with Crippen LogP contribution in [0.3, 0.4) is 0 Å². The molecule has 1 amide bonds. The third kappa shape index (κ3) is 4.14. The van der Waals surface area contributed by atoms with E-state index in [4.69, 9.17) is 9.84 Å². The van der Waals surface area contributed by atoms with Crippen molar-refractivity contribution >= 4 is 17.7 Å². The molecule has 0 aromatic heterocycles. The predicted octanol–water partition coefficient (Wildman–Crippen LogP) is 3.68. The number of rotatable bonds is 5. The number of benzene rings is 2. The number of carbonyl (C=O) groups is 3. The maximum Gasteiger partial charge on any atom is 0.410 e. The Morgan fingerprint density at radius 1 is 1.07 bits per heavy atom. The highest BCUT2D eigenvalue weighted by molar-refractivity contribution is 5.96. The van der Waals surface area contributed by atoms with Gasteiger partial charge in [0, 0.05) is 24.9 Å². The molecule has 156 valence electrons. The van der Waals surface area contributed by atoms with Crippen LogP contribution >= 0.6 is 0 Å². The molecule has 6 nitrogen and oxygen atoms in total. The predicted molar refractivity (Wildman–Crippen MR) is 110 cm³/mol. The Morgan fingerprint density at radius 3 is 2.40 bits per heavy atom. The summed E-state index contributed by atoms with van der Waals surface area (Å²) in [5.74, 6) is -0.0666. The van der Waals surface area contributed by atoms with E-state index in [0.29, 0.717) is 31.4 Å². The smallest absolute Gasteiger partial charge is 0.410 e. The molecule has 0 unspecified atom stereocenters. The summed E-state index contributed by atoms with van der Waals surface area (Å²) in [7, 11) is 0. The van der Waals surface area contributed by atoms with Gasteiger partial charge in [0.2, 0.25) is 0 Å². The Balaban J connectivity index is 1.52. The van der Waals surface area contributed by atoms with E-state index in [2.05, 4.69) is 0 Å². The van der Waals surface area contributed by atoms with Gasteiger partial charge in [0.05, 0.1) is 6.04 Å². The second kappa shape index (κ2) is 8.40. The van der Waals surface area contributed by atoms with Gasteiger partial charge in [-0.25, -0.2) is 4.79 Å². The number of hydrogen-bond donors (Lipinski definition) is 1. The third-order valence-corrected chi connectivity index (χ3v) is 6.23. The number of ether oxygens (including phenoxy) is 1. The van der Waals surface area contributed by atoms with Crippen molar-refractivity contribution in [2.45, 2.75) is 38.3 Å². The van der Waals surface area contributed by atoms with Crippen LogP contribution in [-0.2, 0) is 16.1 Å². The molecule has 1 saturated carbocycles. The number of nitrogens with zero attached hydrogens (tertiary/aromatic N) is 1. The Morgan fingerprint density at radius 2 is 1.77 bits per heavy atom. The summed E-state index contributed by atoms with van der Waals surface area (Å²) < 4.78 is 5.57. The minimum Gasteiger partial charge on any atom is -0.445 e. The summed E-state index contributed by atoms with van der Waals surface area (Å²) in [6.07, 6.45) is 2.25. The molecule has 30 heavy (non-hydrogen) atoms. The molecular weight excluding hydrogens is 382 g/mol. The molecule has 1 aliphatic heterocycles. The van der Waals surface area contributed by atoms with Crippen molar-refractivity contribution in [3.63, 3.8) is 0 Å². The van der Waals surface area contributed by atoms with Gasteiger partial charge in [0.1, 0.15) is 19.0 Å². The number of piperidine rings is 1. The van der Waals surface area contributed by atoms with Gasteiger partial charge >= 0.3 is 6.09 Å². The Hall–Kier alpha value is -2.99. The molecule has 6 heteroatoms. The van der Waals surface area contributed by atoms with Gasteiger partial charge in [-0.05, 0) is 29.4 Å². The van der Waals surface area contributed by atoms with Crippen LogP contribution in [0.4, 0.5) is 4.79 Å². The Labute approximate surface area is 175 Å². The van der Waals surface area contributed by atoms with E-state index in [-0.39, 0.29) is 35.7 Å². The van der Waals surface area contributed by atoms with Crippen LogP contribution < -0.4 is 0 Å². The average Bonchev–Trinajstić information content (AvgIpc) is 2.77. The fourth-order valence-electron chi connectivity index (χ4n) is 4.54. The van der Waals surface area contributed by atoms with Gasteiger partial charge in [0.15, 0.2) is 5.78 Å². The van der Waals surface area contributed by atoms with E-state index in [0.717, 1.165) is 17.5 Å². The normalized spacial score (nSPS) is 20.0. The zero-order valence-electron chi connectivity index (χ0n) is 16.8. The highest BCUT2D eigenvalue weighted by atomic mass is 16.6. The van der Waals surface area contributed by atoms with Gasteiger partial charge in [-0.15, -0.1) is 0 Å². The number of carbonyl (C=O) groups excluding carboxylic acids is 3. The number of ketones is 2. The van der Waals surface area contributed by atoms with Crippen molar-refractivity contribution in [1.29, 1.82) is 0 Å². The molecule has 2 aromatic carbocycles. The van der Waals surface area contributed by atoms with E-state index in [1.54, 1.807) is 17.0 Å². The summed E-state index contributed by atoms with van der Waals surface area (Å²) in [4.78, 5) is 38.0. The first-order valence-corrected chi connectivity index (χ1v) is 10.2. The van der Waals surface area contributed by atoms with Crippen molar-refractivity contribution in [2.24, 2.45) is 5.41 Å². The number of amides is 1. The van der Waals surface area contributed by atoms with Crippen LogP contribution in [-0.4, -0.2) is 40.8 Å². The first-order valence-electron chi connectivity index (χ1n) is 10.2. The van der Waals surface area contributed by atoms with Crippen LogP contribution in [0, 0.1) is 5.41 Å². The monoisotopic (exact) mass is 407 g/mol. The average molecular weight is 407 g/mol. The molecule has 1 atom stereocenters. The fourth-order valence-corrected chi connectivity index (χ4v) is 4.54. The van der Waals surface area contributed by atoms with E-state index in [1.165, 1.54) is 0 Å². The van der Waals surface area contributed by atoms with Gasteiger partial charge in [-0.2, -0.15) is 0 Å². The lowest BCUT2D eigenvalue weighted by Gasteiger charge is -2.50. The van der Waals surface area contributed by atoms with E-state index < -0.39 is 6.61 Å². The molecule has 1 saturated heterocycles. The topological polar surface area (TPSA) is 83.9 Å². The van der Waals surface area contributed by atoms with E-state index in [9.17, 15) is 14.4 Å². The van der Waals surface area contributed by atoms with E-state index >= 15 is 0 Å². The lowest BCUT2D eigenvalue weighted by molar-refractivity contribution is -0.136. The number of likely N-dealkylation sites (tertiary alicyclic amines) is 1.